The number of ether oxygens (including phenoxy) is 2. The average molecular weight is 302 g/mol. The maximum absolute atomic E-state index is 11.9. The van der Waals surface area contributed by atoms with Crippen molar-refractivity contribution in [3.63, 3.8) is 0 Å². The van der Waals surface area contributed by atoms with Gasteiger partial charge in [-0.05, 0) is 12.1 Å². The van der Waals surface area contributed by atoms with Crippen LogP contribution < -0.4 is 14.8 Å². The van der Waals surface area contributed by atoms with E-state index >= 15 is 0 Å². The van der Waals surface area contributed by atoms with Crippen molar-refractivity contribution in [2.24, 2.45) is 4.40 Å². The summed E-state index contributed by atoms with van der Waals surface area (Å²) in [6.07, 6.45) is 0. The van der Waals surface area contributed by atoms with Gasteiger partial charge in [0.2, 0.25) is 0 Å². The molecule has 5 nitrogen and oxygen atoms in total. The Labute approximate surface area is 125 Å². The quantitative estimate of drug-likeness (QED) is 0.947. The van der Waals surface area contributed by atoms with Gasteiger partial charge in [0.15, 0.2) is 11.0 Å². The molecular formula is C15H14N2O3S. The maximum atomic E-state index is 11.9. The Bertz CT molecular complexity index is 721. The minimum absolute atomic E-state index is 0.583. The van der Waals surface area contributed by atoms with Gasteiger partial charge in [-0.25, -0.2) is 4.21 Å². The van der Waals surface area contributed by atoms with Crippen LogP contribution in [0.3, 0.4) is 0 Å². The van der Waals surface area contributed by atoms with Crippen molar-refractivity contribution in [2.75, 3.05) is 19.5 Å². The van der Waals surface area contributed by atoms with E-state index in [9.17, 15) is 4.21 Å². The molecule has 0 aliphatic carbocycles. The molecule has 0 bridgehead atoms. The molecule has 1 aliphatic heterocycles. The van der Waals surface area contributed by atoms with Gasteiger partial charge in [0.05, 0.1) is 19.1 Å². The summed E-state index contributed by atoms with van der Waals surface area (Å²) in [6, 6.07) is 12.9. The van der Waals surface area contributed by atoms with Crippen molar-refractivity contribution in [3.8, 4) is 11.5 Å². The Morgan fingerprint density at radius 2 is 1.71 bits per heavy atom. The molecule has 6 heteroatoms. The molecule has 0 amide bonds. The van der Waals surface area contributed by atoms with E-state index in [1.54, 1.807) is 20.3 Å². The van der Waals surface area contributed by atoms with Crippen LogP contribution >= 0.6 is 0 Å². The first-order valence-electron chi connectivity index (χ1n) is 6.31. The second-order valence-electron chi connectivity index (χ2n) is 4.41. The number of anilines is 1. The Morgan fingerprint density at radius 1 is 1.05 bits per heavy atom. The first-order valence-corrected chi connectivity index (χ1v) is 7.42. The largest absolute Gasteiger partial charge is 0.497 e. The third kappa shape index (κ3) is 2.62. The molecule has 1 atom stereocenters. The molecule has 0 spiro atoms. The lowest BCUT2D eigenvalue weighted by molar-refractivity contribution is 0.395. The van der Waals surface area contributed by atoms with Gasteiger partial charge >= 0.3 is 0 Å². The molecule has 0 fully saturated rings. The van der Waals surface area contributed by atoms with Gasteiger partial charge < -0.3 is 14.8 Å². The van der Waals surface area contributed by atoms with Crippen molar-refractivity contribution in [3.05, 3.63) is 48.0 Å². The molecule has 0 saturated heterocycles. The number of amidine groups is 1. The average Bonchev–Trinajstić information content (AvgIpc) is 2.83. The van der Waals surface area contributed by atoms with Crippen molar-refractivity contribution >= 4 is 22.5 Å². The van der Waals surface area contributed by atoms with E-state index in [0.29, 0.717) is 17.3 Å². The molecule has 21 heavy (non-hydrogen) atoms. The second kappa shape index (κ2) is 5.57. The van der Waals surface area contributed by atoms with Crippen LogP contribution in [-0.2, 0) is 11.0 Å². The predicted molar refractivity (Wildman–Crippen MR) is 82.6 cm³/mol. The van der Waals surface area contributed by atoms with Crippen molar-refractivity contribution in [1.82, 2.24) is 0 Å². The SMILES string of the molecule is COc1cc(NC2=NS(=O)c3ccccc32)cc(OC)c1. The van der Waals surface area contributed by atoms with E-state index in [4.69, 9.17) is 9.47 Å². The maximum Gasteiger partial charge on any atom is 0.175 e. The summed E-state index contributed by atoms with van der Waals surface area (Å²) >= 11 is 0. The van der Waals surface area contributed by atoms with E-state index in [2.05, 4.69) is 9.71 Å². The summed E-state index contributed by atoms with van der Waals surface area (Å²) < 4.78 is 26.6. The summed E-state index contributed by atoms with van der Waals surface area (Å²) in [5, 5.41) is 3.17. The Balaban J connectivity index is 1.95. The smallest absolute Gasteiger partial charge is 0.175 e. The van der Waals surface area contributed by atoms with Crippen LogP contribution in [0.1, 0.15) is 5.56 Å². The van der Waals surface area contributed by atoms with E-state index in [0.717, 1.165) is 16.1 Å². The van der Waals surface area contributed by atoms with Crippen LogP contribution in [0.25, 0.3) is 0 Å². The number of hydrogen-bond donors (Lipinski definition) is 1. The van der Waals surface area contributed by atoms with Gasteiger partial charge in [-0.2, -0.15) is 4.40 Å². The number of nitrogens with zero attached hydrogens (tertiary/aromatic N) is 1. The summed E-state index contributed by atoms with van der Waals surface area (Å²) in [5.74, 6) is 1.92. The van der Waals surface area contributed by atoms with E-state index < -0.39 is 11.0 Å². The molecule has 0 saturated carbocycles. The Morgan fingerprint density at radius 3 is 2.38 bits per heavy atom. The van der Waals surface area contributed by atoms with Gasteiger partial charge in [0, 0.05) is 29.4 Å². The van der Waals surface area contributed by atoms with E-state index in [1.165, 1.54) is 0 Å². The molecule has 2 aromatic carbocycles. The monoisotopic (exact) mass is 302 g/mol. The highest BCUT2D eigenvalue weighted by Crippen LogP contribution is 2.28. The number of nitrogens with one attached hydrogen (secondary N) is 1. The van der Waals surface area contributed by atoms with Crippen LogP contribution in [0.15, 0.2) is 51.8 Å². The van der Waals surface area contributed by atoms with Crippen LogP contribution in [0.2, 0.25) is 0 Å². The minimum Gasteiger partial charge on any atom is -0.497 e. The Hall–Kier alpha value is -2.34. The van der Waals surface area contributed by atoms with Crippen molar-refractivity contribution in [2.45, 2.75) is 4.90 Å². The van der Waals surface area contributed by atoms with Crippen LogP contribution in [0.4, 0.5) is 5.69 Å². The number of rotatable bonds is 3. The van der Waals surface area contributed by atoms with Gasteiger partial charge in [0.1, 0.15) is 17.3 Å². The second-order valence-corrected chi connectivity index (χ2v) is 5.53. The molecule has 1 aliphatic rings. The predicted octanol–water partition coefficient (Wildman–Crippen LogP) is 2.60. The molecule has 1 N–H and O–H groups in total. The topological polar surface area (TPSA) is 59.9 Å². The standard InChI is InChI=1S/C15H14N2O3S/c1-19-11-7-10(8-12(9-11)20-2)16-15-13-5-3-4-6-14(13)21(18)17-15/h3-9H,1-2H3,(H,16,17). The number of methoxy groups -OCH3 is 2. The van der Waals surface area contributed by atoms with Gasteiger partial charge in [-0.1, -0.05) is 12.1 Å². The summed E-state index contributed by atoms with van der Waals surface area (Å²) in [6.45, 7) is 0. The molecule has 1 heterocycles. The zero-order chi connectivity index (χ0) is 14.8. The Kier molecular flexibility index (Phi) is 3.62. The third-order valence-corrected chi connectivity index (χ3v) is 4.20. The highest BCUT2D eigenvalue weighted by molar-refractivity contribution is 7.84. The number of benzene rings is 2. The number of fused-ring (bicyclic) bond motifs is 1. The molecule has 108 valence electrons. The summed E-state index contributed by atoms with van der Waals surface area (Å²) in [7, 11) is 1.83. The molecule has 0 radical (unpaired) electrons. The molecule has 2 aromatic rings. The van der Waals surface area contributed by atoms with Gasteiger partial charge in [-0.3, -0.25) is 0 Å². The fraction of sp³-hybridized carbons (Fsp3) is 0.133. The first kappa shape index (κ1) is 13.6. The van der Waals surface area contributed by atoms with Gasteiger partial charge in [-0.15, -0.1) is 0 Å². The van der Waals surface area contributed by atoms with Crippen LogP contribution in [0, 0.1) is 0 Å². The lowest BCUT2D eigenvalue weighted by atomic mass is 10.2. The fourth-order valence-corrected chi connectivity index (χ4v) is 3.06. The van der Waals surface area contributed by atoms with E-state index in [1.807, 2.05) is 36.4 Å². The zero-order valence-electron chi connectivity index (χ0n) is 11.6. The van der Waals surface area contributed by atoms with Crippen molar-refractivity contribution in [1.29, 1.82) is 0 Å². The van der Waals surface area contributed by atoms with Gasteiger partial charge in [0.25, 0.3) is 0 Å². The first-order chi connectivity index (χ1) is 10.2. The normalized spacial score (nSPS) is 16.1. The summed E-state index contributed by atoms with van der Waals surface area (Å²) in [4.78, 5) is 0.717. The number of hydrogen-bond acceptors (Lipinski definition) is 4. The zero-order valence-corrected chi connectivity index (χ0v) is 12.4. The highest BCUT2D eigenvalue weighted by atomic mass is 32.2. The lowest BCUT2D eigenvalue weighted by Gasteiger charge is -2.10. The molecule has 3 rings (SSSR count). The summed E-state index contributed by atoms with van der Waals surface area (Å²) in [5.41, 5.74) is 1.61. The van der Waals surface area contributed by atoms with Crippen LogP contribution in [0.5, 0.6) is 11.5 Å². The lowest BCUT2D eigenvalue weighted by Crippen LogP contribution is -2.11. The molecular weight excluding hydrogens is 288 g/mol. The third-order valence-electron chi connectivity index (χ3n) is 3.12. The van der Waals surface area contributed by atoms with Crippen LogP contribution in [-0.4, -0.2) is 24.3 Å². The van der Waals surface area contributed by atoms with Crippen molar-refractivity contribution < 1.29 is 13.7 Å². The van der Waals surface area contributed by atoms with E-state index in [-0.39, 0.29) is 0 Å². The minimum atomic E-state index is -1.35. The molecule has 1 unspecified atom stereocenters. The highest BCUT2D eigenvalue weighted by Gasteiger charge is 2.21. The fourth-order valence-electron chi connectivity index (χ4n) is 2.10. The molecule has 0 aromatic heterocycles.